The number of aromatic nitrogens is 3. The van der Waals surface area contributed by atoms with Gasteiger partial charge in [-0.2, -0.15) is 9.97 Å². The summed E-state index contributed by atoms with van der Waals surface area (Å²) in [5, 5.41) is 12.0. The fourth-order valence-electron chi connectivity index (χ4n) is 3.16. The van der Waals surface area contributed by atoms with Gasteiger partial charge in [0, 0.05) is 11.6 Å². The molecule has 6 nitrogen and oxygen atoms in total. The maximum atomic E-state index is 13.9. The minimum atomic E-state index is -0.737. The van der Waals surface area contributed by atoms with Crippen LogP contribution in [0.25, 0.3) is 22.7 Å². The van der Waals surface area contributed by atoms with Crippen LogP contribution < -0.4 is 4.74 Å². The van der Waals surface area contributed by atoms with Gasteiger partial charge >= 0.3 is 6.01 Å². The SMILES string of the molecule is CCCc1nc(Oc2cc(F)ccc2F)nc2oc(-c3cc(C)c([O])c(C)c3)nc12. The van der Waals surface area contributed by atoms with Crippen LogP contribution in [0.1, 0.15) is 30.2 Å². The molecule has 0 amide bonds. The Hall–Kier alpha value is -3.55. The smallest absolute Gasteiger partial charge is 0.325 e. The van der Waals surface area contributed by atoms with Gasteiger partial charge in [-0.25, -0.2) is 13.8 Å². The van der Waals surface area contributed by atoms with Gasteiger partial charge in [-0.3, -0.25) is 5.11 Å². The van der Waals surface area contributed by atoms with Crippen LogP contribution >= 0.6 is 0 Å². The van der Waals surface area contributed by atoms with E-state index in [0.717, 1.165) is 24.6 Å². The maximum Gasteiger partial charge on any atom is 0.325 e. The molecule has 2 aromatic heterocycles. The van der Waals surface area contributed by atoms with Crippen molar-refractivity contribution >= 4 is 11.2 Å². The summed E-state index contributed by atoms with van der Waals surface area (Å²) in [6.45, 7) is 5.42. The summed E-state index contributed by atoms with van der Waals surface area (Å²) in [4.78, 5) is 13.0. The highest BCUT2D eigenvalue weighted by atomic mass is 19.1. The molecule has 0 fully saturated rings. The molecule has 2 heterocycles. The summed E-state index contributed by atoms with van der Waals surface area (Å²) in [7, 11) is 0. The molecule has 1 radical (unpaired) electrons. The van der Waals surface area contributed by atoms with Crippen molar-refractivity contribution in [3.8, 4) is 29.0 Å². The zero-order valence-corrected chi connectivity index (χ0v) is 16.6. The number of hydrogen-bond acceptors (Lipinski definition) is 5. The Morgan fingerprint density at radius 3 is 2.47 bits per heavy atom. The van der Waals surface area contributed by atoms with Crippen molar-refractivity contribution < 1.29 is 23.0 Å². The zero-order valence-electron chi connectivity index (χ0n) is 16.6. The van der Waals surface area contributed by atoms with Crippen molar-refractivity contribution in [1.29, 1.82) is 0 Å². The second-order valence-corrected chi connectivity index (χ2v) is 6.99. The normalized spacial score (nSPS) is 11.2. The van der Waals surface area contributed by atoms with E-state index >= 15 is 0 Å². The van der Waals surface area contributed by atoms with Crippen LogP contribution in [0.3, 0.4) is 0 Å². The van der Waals surface area contributed by atoms with E-state index in [4.69, 9.17) is 9.15 Å². The molecule has 0 saturated carbocycles. The van der Waals surface area contributed by atoms with Gasteiger partial charge in [0.1, 0.15) is 5.82 Å². The summed E-state index contributed by atoms with van der Waals surface area (Å²) < 4.78 is 38.6. The molecule has 0 spiro atoms. The van der Waals surface area contributed by atoms with Gasteiger partial charge in [-0.1, -0.05) is 13.3 Å². The van der Waals surface area contributed by atoms with E-state index in [9.17, 15) is 13.9 Å². The molecule has 0 N–H and O–H groups in total. The predicted molar refractivity (Wildman–Crippen MR) is 105 cm³/mol. The van der Waals surface area contributed by atoms with Gasteiger partial charge in [-0.15, -0.1) is 0 Å². The predicted octanol–water partition coefficient (Wildman–Crippen LogP) is 6.07. The zero-order chi connectivity index (χ0) is 21.4. The third kappa shape index (κ3) is 3.68. The largest absolute Gasteiger partial charge is 0.421 e. The van der Waals surface area contributed by atoms with E-state index in [1.807, 2.05) is 6.92 Å². The number of nitrogens with zero attached hydrogens (tertiary/aromatic N) is 3. The summed E-state index contributed by atoms with van der Waals surface area (Å²) in [5.74, 6) is -1.45. The first-order chi connectivity index (χ1) is 14.4. The van der Waals surface area contributed by atoms with E-state index < -0.39 is 11.6 Å². The molecule has 0 bridgehead atoms. The second kappa shape index (κ2) is 7.70. The number of halogens is 2. The number of hydrogen-bond donors (Lipinski definition) is 0. The molecular weight excluding hydrogens is 392 g/mol. The second-order valence-electron chi connectivity index (χ2n) is 6.99. The average Bonchev–Trinajstić information content (AvgIpc) is 3.13. The molecule has 153 valence electrons. The van der Waals surface area contributed by atoms with Crippen LogP contribution in [0.15, 0.2) is 34.7 Å². The first-order valence-corrected chi connectivity index (χ1v) is 9.44. The van der Waals surface area contributed by atoms with Crippen LogP contribution in [0, 0.1) is 25.5 Å². The van der Waals surface area contributed by atoms with Crippen LogP contribution in [-0.2, 0) is 11.5 Å². The molecule has 4 rings (SSSR count). The molecule has 30 heavy (non-hydrogen) atoms. The van der Waals surface area contributed by atoms with E-state index in [2.05, 4.69) is 15.0 Å². The quantitative estimate of drug-likeness (QED) is 0.399. The highest BCUT2D eigenvalue weighted by molar-refractivity contribution is 5.76. The van der Waals surface area contributed by atoms with Gasteiger partial charge in [0.05, 0.1) is 5.69 Å². The Labute approximate surface area is 171 Å². The minimum absolute atomic E-state index is 0.0332. The lowest BCUT2D eigenvalue weighted by Crippen LogP contribution is -1.99. The van der Waals surface area contributed by atoms with Crippen LogP contribution in [0.5, 0.6) is 17.5 Å². The Kier molecular flexibility index (Phi) is 5.07. The minimum Gasteiger partial charge on any atom is -0.421 e. The van der Waals surface area contributed by atoms with Gasteiger partial charge in [-0.05, 0) is 55.7 Å². The topological polar surface area (TPSA) is 80.9 Å². The molecule has 0 aliphatic heterocycles. The van der Waals surface area contributed by atoms with E-state index in [0.29, 0.717) is 34.3 Å². The summed E-state index contributed by atoms with van der Waals surface area (Å²) >= 11 is 0. The molecule has 0 aliphatic rings. The third-order valence-corrected chi connectivity index (χ3v) is 4.60. The molecule has 8 heteroatoms. The van der Waals surface area contributed by atoms with E-state index in [-0.39, 0.29) is 29.1 Å². The number of aryl methyl sites for hydroxylation is 3. The molecule has 0 aliphatic carbocycles. The van der Waals surface area contributed by atoms with Crippen molar-refractivity contribution in [3.05, 3.63) is 58.8 Å². The van der Waals surface area contributed by atoms with Crippen molar-refractivity contribution in [2.45, 2.75) is 33.6 Å². The van der Waals surface area contributed by atoms with Crippen molar-refractivity contribution in [1.82, 2.24) is 15.0 Å². The number of oxazole rings is 1. The van der Waals surface area contributed by atoms with Gasteiger partial charge in [0.15, 0.2) is 22.8 Å². The number of rotatable bonds is 5. The van der Waals surface area contributed by atoms with Crippen molar-refractivity contribution in [3.63, 3.8) is 0 Å². The Morgan fingerprint density at radius 1 is 1.03 bits per heavy atom. The lowest BCUT2D eigenvalue weighted by Gasteiger charge is -2.06. The highest BCUT2D eigenvalue weighted by Crippen LogP contribution is 2.32. The van der Waals surface area contributed by atoms with E-state index in [1.54, 1.807) is 26.0 Å². The number of fused-ring (bicyclic) bond motifs is 1. The third-order valence-electron chi connectivity index (χ3n) is 4.60. The summed E-state index contributed by atoms with van der Waals surface area (Å²) in [5.41, 5.74) is 2.99. The fourth-order valence-corrected chi connectivity index (χ4v) is 3.16. The van der Waals surface area contributed by atoms with Gasteiger partial charge in [0.2, 0.25) is 5.89 Å². The van der Waals surface area contributed by atoms with Gasteiger partial charge in [0.25, 0.3) is 5.71 Å². The van der Waals surface area contributed by atoms with E-state index in [1.165, 1.54) is 0 Å². The highest BCUT2D eigenvalue weighted by Gasteiger charge is 2.19. The van der Waals surface area contributed by atoms with Crippen molar-refractivity contribution in [2.75, 3.05) is 0 Å². The van der Waals surface area contributed by atoms with Crippen LogP contribution in [-0.4, -0.2) is 15.0 Å². The summed E-state index contributed by atoms with van der Waals surface area (Å²) in [6, 6.07) is 6.12. The molecule has 4 aromatic rings. The number of benzene rings is 2. The monoisotopic (exact) mass is 410 g/mol. The molecule has 2 aromatic carbocycles. The lowest BCUT2D eigenvalue weighted by molar-refractivity contribution is 0.348. The molecule has 0 saturated heterocycles. The Balaban J connectivity index is 1.81. The summed E-state index contributed by atoms with van der Waals surface area (Å²) in [6.07, 6.45) is 1.33. The number of ether oxygens (including phenoxy) is 1. The van der Waals surface area contributed by atoms with Crippen molar-refractivity contribution in [2.24, 2.45) is 0 Å². The fraction of sp³-hybridized carbons (Fsp3) is 0.227. The Morgan fingerprint density at radius 2 is 1.77 bits per heavy atom. The first kappa shape index (κ1) is 19.8. The Bertz CT molecular complexity index is 1230. The molecule has 0 unspecified atom stereocenters. The standard InChI is InChI=1S/C22H18F2N3O3/c1-4-5-16-18-21(27-22(25-16)29-17-10-14(23)6-7-15(17)24)30-20(26-18)13-8-11(2)19(28)12(3)9-13/h6-10H,4-5H2,1-3H3. The van der Waals surface area contributed by atoms with Gasteiger partial charge < -0.3 is 9.15 Å². The maximum absolute atomic E-state index is 13.9. The van der Waals surface area contributed by atoms with Crippen LogP contribution in [0.2, 0.25) is 0 Å². The average molecular weight is 410 g/mol. The lowest BCUT2D eigenvalue weighted by atomic mass is 10.1. The molecule has 0 atom stereocenters. The van der Waals surface area contributed by atoms with Crippen LogP contribution in [0.4, 0.5) is 8.78 Å². The first-order valence-electron chi connectivity index (χ1n) is 9.44. The molecular formula is C22H18F2N3O3.